The van der Waals surface area contributed by atoms with Crippen LogP contribution in [0.3, 0.4) is 0 Å². The first-order valence-electron chi connectivity index (χ1n) is 7.06. The van der Waals surface area contributed by atoms with Crippen molar-refractivity contribution < 1.29 is 5.11 Å². The summed E-state index contributed by atoms with van der Waals surface area (Å²) in [5, 5.41) is 12.9. The molecule has 0 amide bonds. The van der Waals surface area contributed by atoms with Crippen LogP contribution in [0.5, 0.6) is 0 Å². The molecule has 1 heterocycles. The number of hydrogen-bond donors (Lipinski definition) is 2. The zero-order valence-electron chi connectivity index (χ0n) is 10.9. The van der Waals surface area contributed by atoms with E-state index in [0.29, 0.717) is 24.5 Å². The van der Waals surface area contributed by atoms with Crippen molar-refractivity contribution in [1.29, 1.82) is 0 Å². The molecule has 1 aliphatic heterocycles. The van der Waals surface area contributed by atoms with Gasteiger partial charge >= 0.3 is 0 Å². The number of hydrogen-bond acceptors (Lipinski definition) is 2. The number of piperidine rings is 1. The molecule has 17 heavy (non-hydrogen) atoms. The molecule has 2 heteroatoms. The Kier molecular flexibility index (Phi) is 4.12. The SMILES string of the molecule is C#C[C@@H](C)C1CCC[C@]12CCC[C@H](CCO)N2. The van der Waals surface area contributed by atoms with E-state index in [0.717, 1.165) is 6.42 Å². The lowest BCUT2D eigenvalue weighted by Crippen LogP contribution is -2.57. The average molecular weight is 235 g/mol. The number of rotatable bonds is 3. The van der Waals surface area contributed by atoms with Gasteiger partial charge in [0.1, 0.15) is 0 Å². The molecule has 0 bridgehead atoms. The predicted octanol–water partition coefficient (Wildman–Crippen LogP) is 2.32. The third-order valence-electron chi connectivity index (χ3n) is 4.86. The summed E-state index contributed by atoms with van der Waals surface area (Å²) in [5.74, 6) is 3.94. The smallest absolute Gasteiger partial charge is 0.0445 e. The van der Waals surface area contributed by atoms with Crippen molar-refractivity contribution in [2.24, 2.45) is 11.8 Å². The molecule has 0 aromatic rings. The van der Waals surface area contributed by atoms with Gasteiger partial charge in [-0.05, 0) is 38.0 Å². The fourth-order valence-corrected chi connectivity index (χ4v) is 4.02. The Morgan fingerprint density at radius 1 is 1.41 bits per heavy atom. The Morgan fingerprint density at radius 3 is 2.76 bits per heavy atom. The highest BCUT2D eigenvalue weighted by Crippen LogP contribution is 2.45. The van der Waals surface area contributed by atoms with Crippen LogP contribution in [0.2, 0.25) is 0 Å². The molecule has 0 radical (unpaired) electrons. The van der Waals surface area contributed by atoms with Crippen LogP contribution >= 0.6 is 0 Å². The topological polar surface area (TPSA) is 32.3 Å². The van der Waals surface area contributed by atoms with E-state index >= 15 is 0 Å². The van der Waals surface area contributed by atoms with Crippen molar-refractivity contribution in [3.8, 4) is 12.3 Å². The molecule has 2 fully saturated rings. The summed E-state index contributed by atoms with van der Waals surface area (Å²) < 4.78 is 0. The zero-order chi connectivity index (χ0) is 12.3. The number of aliphatic hydroxyl groups excluding tert-OH is 1. The highest BCUT2D eigenvalue weighted by atomic mass is 16.3. The molecule has 2 rings (SSSR count). The van der Waals surface area contributed by atoms with Crippen molar-refractivity contribution >= 4 is 0 Å². The van der Waals surface area contributed by atoms with Gasteiger partial charge in [-0.3, -0.25) is 0 Å². The van der Waals surface area contributed by atoms with Gasteiger partial charge in [-0.25, -0.2) is 0 Å². The van der Waals surface area contributed by atoms with Crippen molar-refractivity contribution in [1.82, 2.24) is 5.32 Å². The zero-order valence-corrected chi connectivity index (χ0v) is 10.9. The van der Waals surface area contributed by atoms with Crippen molar-refractivity contribution in [3.63, 3.8) is 0 Å². The molecule has 96 valence electrons. The lowest BCUT2D eigenvalue weighted by atomic mass is 9.73. The number of terminal acetylenes is 1. The predicted molar refractivity (Wildman–Crippen MR) is 70.5 cm³/mol. The average Bonchev–Trinajstić information content (AvgIpc) is 2.72. The first-order valence-corrected chi connectivity index (χ1v) is 7.06. The lowest BCUT2D eigenvalue weighted by Gasteiger charge is -2.45. The van der Waals surface area contributed by atoms with Crippen molar-refractivity contribution in [2.75, 3.05) is 6.61 Å². The molecular weight excluding hydrogens is 210 g/mol. The summed E-state index contributed by atoms with van der Waals surface area (Å²) in [6.45, 7) is 2.48. The maximum atomic E-state index is 9.10. The van der Waals surface area contributed by atoms with E-state index in [1.165, 1.54) is 38.5 Å². The minimum atomic E-state index is 0.282. The van der Waals surface area contributed by atoms with E-state index in [4.69, 9.17) is 11.5 Å². The largest absolute Gasteiger partial charge is 0.396 e. The Morgan fingerprint density at radius 2 is 2.12 bits per heavy atom. The maximum absolute atomic E-state index is 9.10. The highest BCUT2D eigenvalue weighted by molar-refractivity contribution is 5.09. The van der Waals surface area contributed by atoms with Crippen LogP contribution in [0.1, 0.15) is 51.9 Å². The quantitative estimate of drug-likeness (QED) is 0.736. The summed E-state index contributed by atoms with van der Waals surface area (Å²) in [4.78, 5) is 0. The molecule has 2 N–H and O–H groups in total. The minimum absolute atomic E-state index is 0.282. The van der Waals surface area contributed by atoms with Gasteiger partial charge in [0.05, 0.1) is 0 Å². The summed E-state index contributed by atoms with van der Waals surface area (Å²) in [6.07, 6.45) is 14.1. The summed E-state index contributed by atoms with van der Waals surface area (Å²) >= 11 is 0. The van der Waals surface area contributed by atoms with Crippen LogP contribution in [0, 0.1) is 24.2 Å². The highest BCUT2D eigenvalue weighted by Gasteiger charge is 2.46. The molecule has 4 atom stereocenters. The maximum Gasteiger partial charge on any atom is 0.0445 e. The molecule has 1 saturated heterocycles. The number of aliphatic hydroxyl groups is 1. The van der Waals surface area contributed by atoms with Crippen molar-refractivity contribution in [2.45, 2.75) is 63.5 Å². The first-order chi connectivity index (χ1) is 8.22. The Bertz CT molecular complexity index is 294. The van der Waals surface area contributed by atoms with Gasteiger partial charge in [0, 0.05) is 24.1 Å². The molecule has 2 aliphatic rings. The second kappa shape index (κ2) is 5.42. The van der Waals surface area contributed by atoms with Crippen LogP contribution in [0.15, 0.2) is 0 Å². The van der Waals surface area contributed by atoms with Gasteiger partial charge in [0.2, 0.25) is 0 Å². The third-order valence-corrected chi connectivity index (χ3v) is 4.86. The fourth-order valence-electron chi connectivity index (χ4n) is 4.02. The Hall–Kier alpha value is -0.520. The number of nitrogens with one attached hydrogen (secondary N) is 1. The van der Waals surface area contributed by atoms with Crippen LogP contribution in [-0.2, 0) is 0 Å². The van der Waals surface area contributed by atoms with E-state index in [1.807, 2.05) is 0 Å². The van der Waals surface area contributed by atoms with Crippen LogP contribution in [0.4, 0.5) is 0 Å². The first kappa shape index (κ1) is 12.9. The lowest BCUT2D eigenvalue weighted by molar-refractivity contribution is 0.122. The Labute approximate surface area is 105 Å². The van der Waals surface area contributed by atoms with Gasteiger partial charge < -0.3 is 10.4 Å². The molecule has 0 aromatic carbocycles. The van der Waals surface area contributed by atoms with Gasteiger partial charge in [0.15, 0.2) is 0 Å². The van der Waals surface area contributed by atoms with Gasteiger partial charge in [-0.15, -0.1) is 12.3 Å². The second-order valence-electron chi connectivity index (χ2n) is 5.86. The Balaban J connectivity index is 2.08. The molecule has 1 saturated carbocycles. The molecule has 1 spiro atoms. The normalized spacial score (nSPS) is 39.1. The minimum Gasteiger partial charge on any atom is -0.396 e. The molecule has 1 aliphatic carbocycles. The summed E-state index contributed by atoms with van der Waals surface area (Å²) in [5.41, 5.74) is 0.282. The van der Waals surface area contributed by atoms with E-state index in [-0.39, 0.29) is 5.54 Å². The molecular formula is C15H25NO. The standard InChI is InChI=1S/C15H25NO/c1-3-12(2)14-7-5-10-15(14)9-4-6-13(16-15)8-11-17/h1,12-14,16-17H,4-11H2,2H3/t12-,13-,14?,15-/m1/s1. The van der Waals surface area contributed by atoms with Crippen LogP contribution in [-0.4, -0.2) is 23.3 Å². The molecule has 1 unspecified atom stereocenters. The summed E-state index contributed by atoms with van der Waals surface area (Å²) in [6, 6.07) is 0.499. The van der Waals surface area contributed by atoms with E-state index < -0.39 is 0 Å². The molecule has 0 aromatic heterocycles. The third kappa shape index (κ3) is 2.51. The van der Waals surface area contributed by atoms with E-state index in [1.54, 1.807) is 0 Å². The van der Waals surface area contributed by atoms with Crippen LogP contribution in [0.25, 0.3) is 0 Å². The molecule has 2 nitrogen and oxygen atoms in total. The second-order valence-corrected chi connectivity index (χ2v) is 5.86. The van der Waals surface area contributed by atoms with Gasteiger partial charge in [-0.1, -0.05) is 19.8 Å². The van der Waals surface area contributed by atoms with E-state index in [2.05, 4.69) is 18.2 Å². The monoisotopic (exact) mass is 235 g/mol. The van der Waals surface area contributed by atoms with Gasteiger partial charge in [0.25, 0.3) is 0 Å². The van der Waals surface area contributed by atoms with Gasteiger partial charge in [-0.2, -0.15) is 0 Å². The summed E-state index contributed by atoms with van der Waals surface area (Å²) in [7, 11) is 0. The van der Waals surface area contributed by atoms with Crippen LogP contribution < -0.4 is 5.32 Å². The fraction of sp³-hybridized carbons (Fsp3) is 0.867. The van der Waals surface area contributed by atoms with E-state index in [9.17, 15) is 0 Å². The van der Waals surface area contributed by atoms with Crippen molar-refractivity contribution in [3.05, 3.63) is 0 Å².